The molecule has 1 saturated heterocycles. The Bertz CT molecular complexity index is 966. The maximum absolute atomic E-state index is 12.2. The number of hydrogen-bond donors (Lipinski definition) is 0. The molecule has 1 aliphatic heterocycles. The number of para-hydroxylation sites is 2. The highest BCUT2D eigenvalue weighted by molar-refractivity contribution is 6.64. The highest BCUT2D eigenvalue weighted by Crippen LogP contribution is 2.35. The molecule has 4 rings (SSSR count). The molecule has 0 aliphatic carbocycles. The fourth-order valence-electron chi connectivity index (χ4n) is 2.94. The first kappa shape index (κ1) is 16.1. The quantitative estimate of drug-likeness (QED) is 0.642. The van der Waals surface area contributed by atoms with Crippen molar-refractivity contribution in [2.45, 2.75) is 6.42 Å². The SMILES string of the molecule is O=C(Cl)C1CC(=O)N(c2ccc(Cl)c(-c3nc4ccccc4o3)c2)C1. The zero-order valence-electron chi connectivity index (χ0n) is 12.9. The zero-order valence-corrected chi connectivity index (χ0v) is 14.4. The summed E-state index contributed by atoms with van der Waals surface area (Å²) in [5.41, 5.74) is 2.60. The second kappa shape index (κ2) is 6.17. The highest BCUT2D eigenvalue weighted by atomic mass is 35.5. The van der Waals surface area contributed by atoms with E-state index >= 15 is 0 Å². The lowest BCUT2D eigenvalue weighted by molar-refractivity contribution is -0.120. The summed E-state index contributed by atoms with van der Waals surface area (Å²) in [7, 11) is 0. The molecule has 25 heavy (non-hydrogen) atoms. The fourth-order valence-corrected chi connectivity index (χ4v) is 3.29. The van der Waals surface area contributed by atoms with E-state index in [2.05, 4.69) is 4.98 Å². The predicted molar refractivity (Wildman–Crippen MR) is 95.8 cm³/mol. The normalized spacial score (nSPS) is 17.4. The minimum Gasteiger partial charge on any atom is -0.436 e. The first-order chi connectivity index (χ1) is 12.0. The Morgan fingerprint density at radius 3 is 2.76 bits per heavy atom. The molecule has 0 bridgehead atoms. The summed E-state index contributed by atoms with van der Waals surface area (Å²) in [4.78, 5) is 29.5. The van der Waals surface area contributed by atoms with Gasteiger partial charge in [0.25, 0.3) is 0 Å². The van der Waals surface area contributed by atoms with Gasteiger partial charge >= 0.3 is 0 Å². The third-order valence-electron chi connectivity index (χ3n) is 4.23. The zero-order chi connectivity index (χ0) is 17.6. The Hall–Kier alpha value is -2.37. The summed E-state index contributed by atoms with van der Waals surface area (Å²) in [6.45, 7) is 0.260. The summed E-state index contributed by atoms with van der Waals surface area (Å²) in [6.07, 6.45) is 0.114. The number of benzene rings is 2. The number of nitrogens with zero attached hydrogens (tertiary/aromatic N) is 2. The van der Waals surface area contributed by atoms with Gasteiger partial charge in [-0.15, -0.1) is 0 Å². The van der Waals surface area contributed by atoms with E-state index in [0.717, 1.165) is 5.52 Å². The van der Waals surface area contributed by atoms with E-state index in [1.807, 2.05) is 24.3 Å². The van der Waals surface area contributed by atoms with E-state index in [4.69, 9.17) is 27.6 Å². The van der Waals surface area contributed by atoms with Crippen molar-refractivity contribution < 1.29 is 14.0 Å². The van der Waals surface area contributed by atoms with Gasteiger partial charge in [0.1, 0.15) is 5.52 Å². The van der Waals surface area contributed by atoms with Crippen LogP contribution in [-0.4, -0.2) is 22.7 Å². The average Bonchev–Trinajstić information content (AvgIpc) is 3.19. The van der Waals surface area contributed by atoms with Crippen molar-refractivity contribution in [3.8, 4) is 11.5 Å². The molecule has 0 saturated carbocycles. The molecule has 1 aliphatic rings. The summed E-state index contributed by atoms with van der Waals surface area (Å²) in [5.74, 6) is -0.257. The maximum atomic E-state index is 12.2. The van der Waals surface area contributed by atoms with Crippen LogP contribution in [-0.2, 0) is 9.59 Å². The van der Waals surface area contributed by atoms with E-state index in [0.29, 0.717) is 27.7 Å². The fraction of sp³-hybridized carbons (Fsp3) is 0.167. The van der Waals surface area contributed by atoms with Crippen LogP contribution in [0.2, 0.25) is 5.02 Å². The molecule has 0 N–H and O–H groups in total. The van der Waals surface area contributed by atoms with Gasteiger partial charge in [0.15, 0.2) is 5.58 Å². The average molecular weight is 375 g/mol. The van der Waals surface area contributed by atoms with Crippen LogP contribution in [0.4, 0.5) is 5.69 Å². The number of rotatable bonds is 3. The summed E-state index contributed by atoms with van der Waals surface area (Å²) in [6, 6.07) is 12.6. The molecule has 7 heteroatoms. The summed E-state index contributed by atoms with van der Waals surface area (Å²) >= 11 is 11.8. The van der Waals surface area contributed by atoms with Crippen LogP contribution in [0.5, 0.6) is 0 Å². The Morgan fingerprint density at radius 1 is 1.24 bits per heavy atom. The number of aromatic nitrogens is 1. The van der Waals surface area contributed by atoms with Crippen molar-refractivity contribution >= 4 is 51.1 Å². The molecule has 3 aromatic rings. The number of fused-ring (bicyclic) bond motifs is 1. The Morgan fingerprint density at radius 2 is 2.04 bits per heavy atom. The number of anilines is 1. The van der Waals surface area contributed by atoms with E-state index < -0.39 is 11.2 Å². The molecule has 1 amide bonds. The molecule has 0 radical (unpaired) electrons. The van der Waals surface area contributed by atoms with Crippen LogP contribution < -0.4 is 4.90 Å². The lowest BCUT2D eigenvalue weighted by atomic mass is 10.1. The topological polar surface area (TPSA) is 63.4 Å². The Balaban J connectivity index is 1.74. The smallest absolute Gasteiger partial charge is 0.228 e. The van der Waals surface area contributed by atoms with Gasteiger partial charge in [-0.25, -0.2) is 4.98 Å². The van der Waals surface area contributed by atoms with E-state index in [1.165, 1.54) is 4.90 Å². The molecule has 2 heterocycles. The number of hydrogen-bond acceptors (Lipinski definition) is 4. The molecular formula is C18H12Cl2N2O3. The van der Waals surface area contributed by atoms with Gasteiger partial charge in [0, 0.05) is 18.7 Å². The first-order valence-electron chi connectivity index (χ1n) is 7.68. The molecule has 1 fully saturated rings. The van der Waals surface area contributed by atoms with Crippen molar-refractivity contribution in [3.05, 3.63) is 47.5 Å². The molecular weight excluding hydrogens is 363 g/mol. The predicted octanol–water partition coefficient (Wildman–Crippen LogP) is 4.27. The largest absolute Gasteiger partial charge is 0.436 e. The maximum Gasteiger partial charge on any atom is 0.228 e. The van der Waals surface area contributed by atoms with Crippen molar-refractivity contribution in [2.24, 2.45) is 5.92 Å². The summed E-state index contributed by atoms with van der Waals surface area (Å²) in [5, 5.41) is -0.0316. The number of carbonyl (C=O) groups is 2. The lowest BCUT2D eigenvalue weighted by Gasteiger charge is -2.17. The standard InChI is InChI=1S/C18H12Cl2N2O3/c19-13-6-5-11(22-9-10(17(20)24)7-16(22)23)8-12(13)18-21-14-3-1-2-4-15(14)25-18/h1-6,8,10H,7,9H2. The van der Waals surface area contributed by atoms with Gasteiger partial charge in [-0.05, 0) is 41.9 Å². The molecule has 5 nitrogen and oxygen atoms in total. The van der Waals surface area contributed by atoms with Crippen LogP contribution in [0.15, 0.2) is 46.9 Å². The van der Waals surface area contributed by atoms with Crippen molar-refractivity contribution in [2.75, 3.05) is 11.4 Å². The van der Waals surface area contributed by atoms with Crippen LogP contribution in [0.3, 0.4) is 0 Å². The Kier molecular flexibility index (Phi) is 3.98. The molecule has 126 valence electrons. The van der Waals surface area contributed by atoms with E-state index in [9.17, 15) is 9.59 Å². The minimum absolute atomic E-state index is 0.114. The second-order valence-corrected chi connectivity index (χ2v) is 6.64. The van der Waals surface area contributed by atoms with Crippen LogP contribution >= 0.6 is 23.2 Å². The minimum atomic E-state index is -0.496. The molecule has 1 aromatic heterocycles. The second-order valence-electron chi connectivity index (χ2n) is 5.86. The van der Waals surface area contributed by atoms with Crippen molar-refractivity contribution in [3.63, 3.8) is 0 Å². The number of oxazole rings is 1. The lowest BCUT2D eigenvalue weighted by Crippen LogP contribution is -2.25. The van der Waals surface area contributed by atoms with Crippen LogP contribution in [0, 0.1) is 5.92 Å². The third kappa shape index (κ3) is 2.90. The monoisotopic (exact) mass is 374 g/mol. The first-order valence-corrected chi connectivity index (χ1v) is 8.44. The highest BCUT2D eigenvalue weighted by Gasteiger charge is 2.34. The summed E-state index contributed by atoms with van der Waals surface area (Å²) < 4.78 is 5.76. The molecule has 1 atom stereocenters. The van der Waals surface area contributed by atoms with Crippen LogP contribution in [0.1, 0.15) is 6.42 Å². The van der Waals surface area contributed by atoms with E-state index in [1.54, 1.807) is 18.2 Å². The number of amides is 1. The molecule has 0 spiro atoms. The van der Waals surface area contributed by atoms with Gasteiger partial charge in [0.2, 0.25) is 17.0 Å². The van der Waals surface area contributed by atoms with Gasteiger partial charge < -0.3 is 9.32 Å². The van der Waals surface area contributed by atoms with Crippen molar-refractivity contribution in [1.29, 1.82) is 0 Å². The van der Waals surface area contributed by atoms with Gasteiger partial charge in [-0.3, -0.25) is 9.59 Å². The number of halogens is 2. The molecule has 2 aromatic carbocycles. The third-order valence-corrected chi connectivity index (χ3v) is 4.87. The van der Waals surface area contributed by atoms with Gasteiger partial charge in [0.05, 0.1) is 16.5 Å². The molecule has 1 unspecified atom stereocenters. The van der Waals surface area contributed by atoms with Gasteiger partial charge in [-0.1, -0.05) is 23.7 Å². The van der Waals surface area contributed by atoms with Crippen molar-refractivity contribution in [1.82, 2.24) is 4.98 Å². The Labute approximate surface area is 153 Å². The van der Waals surface area contributed by atoms with Crippen LogP contribution in [0.25, 0.3) is 22.6 Å². The number of carbonyl (C=O) groups excluding carboxylic acids is 2. The van der Waals surface area contributed by atoms with E-state index in [-0.39, 0.29) is 18.9 Å². The van der Waals surface area contributed by atoms with Gasteiger partial charge in [-0.2, -0.15) is 0 Å².